The van der Waals surface area contributed by atoms with Gasteiger partial charge in [-0.15, -0.1) is 0 Å². The number of para-hydroxylation sites is 1. The molecule has 0 bridgehead atoms. The van der Waals surface area contributed by atoms with Crippen molar-refractivity contribution in [3.05, 3.63) is 36.0 Å². The molecule has 19 heavy (non-hydrogen) atoms. The van der Waals surface area contributed by atoms with Crippen LogP contribution in [0.1, 0.15) is 18.5 Å². The lowest BCUT2D eigenvalue weighted by Crippen LogP contribution is -2.29. The van der Waals surface area contributed by atoms with Gasteiger partial charge in [0.25, 0.3) is 0 Å². The topological polar surface area (TPSA) is 56.6 Å². The minimum atomic E-state index is -0.0601. The Labute approximate surface area is 112 Å². The monoisotopic (exact) mass is 258 g/mol. The minimum Gasteiger partial charge on any atom is -0.395 e. The van der Waals surface area contributed by atoms with Crippen LogP contribution in [0.25, 0.3) is 10.9 Å². The molecule has 1 saturated carbocycles. The van der Waals surface area contributed by atoms with Gasteiger partial charge in [0.2, 0.25) is 0 Å². The van der Waals surface area contributed by atoms with E-state index in [-0.39, 0.29) is 13.2 Å². The summed E-state index contributed by atoms with van der Waals surface area (Å²) in [6, 6.07) is 10.4. The summed E-state index contributed by atoms with van der Waals surface area (Å²) in [6.45, 7) is 0.709. The molecule has 0 radical (unpaired) electrons. The van der Waals surface area contributed by atoms with Crippen molar-refractivity contribution in [1.29, 1.82) is 0 Å². The third kappa shape index (κ3) is 2.41. The highest BCUT2D eigenvalue weighted by Gasteiger charge is 2.30. The van der Waals surface area contributed by atoms with E-state index < -0.39 is 0 Å². The second-order valence-electron chi connectivity index (χ2n) is 4.96. The molecule has 1 aromatic carbocycles. The van der Waals surface area contributed by atoms with Gasteiger partial charge in [0, 0.05) is 23.7 Å². The number of benzene rings is 1. The molecule has 0 unspecified atom stereocenters. The fourth-order valence-corrected chi connectivity index (χ4v) is 2.52. The second kappa shape index (κ2) is 5.15. The van der Waals surface area contributed by atoms with Crippen LogP contribution in [0.4, 0.5) is 5.69 Å². The molecule has 2 aromatic rings. The summed E-state index contributed by atoms with van der Waals surface area (Å²) in [4.78, 5) is 6.68. The molecule has 0 amide bonds. The number of anilines is 1. The Morgan fingerprint density at radius 1 is 1.21 bits per heavy atom. The Balaban J connectivity index is 2.13. The Morgan fingerprint density at radius 3 is 2.68 bits per heavy atom. The summed E-state index contributed by atoms with van der Waals surface area (Å²) < 4.78 is 0. The highest BCUT2D eigenvalue weighted by Crippen LogP contribution is 2.35. The second-order valence-corrected chi connectivity index (χ2v) is 4.96. The number of pyridine rings is 1. The van der Waals surface area contributed by atoms with Crippen molar-refractivity contribution in [3.8, 4) is 0 Å². The van der Waals surface area contributed by atoms with Crippen molar-refractivity contribution in [2.75, 3.05) is 18.1 Å². The molecule has 0 saturated heterocycles. The van der Waals surface area contributed by atoms with Crippen LogP contribution in [0.2, 0.25) is 0 Å². The number of nitrogens with zero attached hydrogens (tertiary/aromatic N) is 2. The van der Waals surface area contributed by atoms with E-state index in [1.54, 1.807) is 0 Å². The predicted octanol–water partition coefficient (Wildman–Crippen LogP) is 1.69. The van der Waals surface area contributed by atoms with E-state index in [1.165, 1.54) is 12.8 Å². The molecule has 2 N–H and O–H groups in total. The number of rotatable bonds is 5. The van der Waals surface area contributed by atoms with Gasteiger partial charge in [-0.3, -0.25) is 4.98 Å². The van der Waals surface area contributed by atoms with Gasteiger partial charge >= 0.3 is 0 Å². The fourth-order valence-electron chi connectivity index (χ4n) is 2.52. The lowest BCUT2D eigenvalue weighted by Gasteiger charge is -2.25. The maximum atomic E-state index is 9.36. The first-order chi connectivity index (χ1) is 9.33. The minimum absolute atomic E-state index is 0.0601. The Morgan fingerprint density at radius 2 is 2.00 bits per heavy atom. The van der Waals surface area contributed by atoms with Crippen LogP contribution in [0.5, 0.6) is 0 Å². The zero-order valence-corrected chi connectivity index (χ0v) is 10.8. The van der Waals surface area contributed by atoms with Crippen molar-refractivity contribution in [2.24, 2.45) is 0 Å². The molecule has 0 spiro atoms. The highest BCUT2D eigenvalue weighted by molar-refractivity contribution is 5.92. The van der Waals surface area contributed by atoms with Crippen LogP contribution in [0, 0.1) is 0 Å². The number of aromatic nitrogens is 1. The Hall–Kier alpha value is -1.65. The summed E-state index contributed by atoms with van der Waals surface area (Å²) in [6.07, 6.45) is 2.34. The van der Waals surface area contributed by atoms with Crippen LogP contribution < -0.4 is 4.90 Å². The molecular weight excluding hydrogens is 240 g/mol. The summed E-state index contributed by atoms with van der Waals surface area (Å²) >= 11 is 0. The lowest BCUT2D eigenvalue weighted by molar-refractivity contribution is 0.277. The normalized spacial score (nSPS) is 14.8. The van der Waals surface area contributed by atoms with Crippen LogP contribution in [-0.4, -0.2) is 34.4 Å². The van der Waals surface area contributed by atoms with Gasteiger partial charge in [0.05, 0.1) is 24.4 Å². The van der Waals surface area contributed by atoms with Crippen molar-refractivity contribution in [3.63, 3.8) is 0 Å². The molecule has 1 heterocycles. The number of hydrogen-bond donors (Lipinski definition) is 2. The maximum Gasteiger partial charge on any atom is 0.0854 e. The van der Waals surface area contributed by atoms with E-state index in [1.807, 2.05) is 30.3 Å². The van der Waals surface area contributed by atoms with Gasteiger partial charge in [-0.2, -0.15) is 0 Å². The third-order valence-electron chi connectivity index (χ3n) is 3.55. The summed E-state index contributed by atoms with van der Waals surface area (Å²) in [5.41, 5.74) is 2.65. The fraction of sp³-hybridized carbons (Fsp3) is 0.400. The molecule has 1 fully saturated rings. The Bertz CT molecular complexity index is 581. The zero-order chi connectivity index (χ0) is 13.2. The average molecular weight is 258 g/mol. The van der Waals surface area contributed by atoms with Gasteiger partial charge in [-0.1, -0.05) is 18.2 Å². The summed E-state index contributed by atoms with van der Waals surface area (Å²) in [5, 5.41) is 19.7. The van der Waals surface area contributed by atoms with E-state index in [0.717, 1.165) is 16.6 Å². The molecular formula is C15H18N2O2. The highest BCUT2D eigenvalue weighted by atomic mass is 16.3. The first kappa shape index (κ1) is 12.4. The number of aliphatic hydroxyl groups excluding tert-OH is 2. The van der Waals surface area contributed by atoms with Gasteiger partial charge in [-0.05, 0) is 25.0 Å². The van der Waals surface area contributed by atoms with Gasteiger partial charge in [-0.25, -0.2) is 0 Å². The molecule has 1 aromatic heterocycles. The largest absolute Gasteiger partial charge is 0.395 e. The number of aliphatic hydroxyl groups is 2. The van der Waals surface area contributed by atoms with E-state index in [4.69, 9.17) is 0 Å². The van der Waals surface area contributed by atoms with Crippen molar-refractivity contribution in [2.45, 2.75) is 25.5 Å². The van der Waals surface area contributed by atoms with Gasteiger partial charge in [0.1, 0.15) is 0 Å². The van der Waals surface area contributed by atoms with E-state index in [2.05, 4.69) is 9.88 Å². The molecule has 4 nitrogen and oxygen atoms in total. The summed E-state index contributed by atoms with van der Waals surface area (Å²) in [5.74, 6) is 0. The van der Waals surface area contributed by atoms with Crippen molar-refractivity contribution >= 4 is 16.6 Å². The number of hydrogen-bond acceptors (Lipinski definition) is 4. The molecule has 0 aliphatic heterocycles. The van der Waals surface area contributed by atoms with Crippen molar-refractivity contribution in [1.82, 2.24) is 4.98 Å². The summed E-state index contributed by atoms with van der Waals surface area (Å²) in [7, 11) is 0. The quantitative estimate of drug-likeness (QED) is 0.857. The maximum absolute atomic E-state index is 9.36. The standard InChI is InChI=1S/C15H18N2O2/c18-8-7-17(12-5-6-12)15-9-11(10-19)16-14-4-2-1-3-13(14)15/h1-4,9,12,18-19H,5-8,10H2. The van der Waals surface area contributed by atoms with Crippen LogP contribution in [0.3, 0.4) is 0 Å². The average Bonchev–Trinajstić information content (AvgIpc) is 3.28. The molecule has 1 aliphatic carbocycles. The lowest BCUT2D eigenvalue weighted by atomic mass is 10.1. The predicted molar refractivity (Wildman–Crippen MR) is 75.1 cm³/mol. The molecule has 1 aliphatic rings. The van der Waals surface area contributed by atoms with E-state index >= 15 is 0 Å². The first-order valence-corrected chi connectivity index (χ1v) is 6.70. The van der Waals surface area contributed by atoms with Gasteiger partial charge < -0.3 is 15.1 Å². The zero-order valence-electron chi connectivity index (χ0n) is 10.8. The molecule has 4 heteroatoms. The molecule has 0 atom stereocenters. The number of fused-ring (bicyclic) bond motifs is 1. The Kier molecular flexibility index (Phi) is 3.36. The van der Waals surface area contributed by atoms with Crippen LogP contribution >= 0.6 is 0 Å². The van der Waals surface area contributed by atoms with E-state index in [0.29, 0.717) is 18.3 Å². The molecule has 100 valence electrons. The SMILES string of the molecule is OCCN(c1cc(CO)nc2ccccc12)C1CC1. The molecule has 3 rings (SSSR count). The van der Waals surface area contributed by atoms with Crippen molar-refractivity contribution < 1.29 is 10.2 Å². The van der Waals surface area contributed by atoms with Gasteiger partial charge in [0.15, 0.2) is 0 Å². The smallest absolute Gasteiger partial charge is 0.0854 e. The van der Waals surface area contributed by atoms with E-state index in [9.17, 15) is 10.2 Å². The van der Waals surface area contributed by atoms with Crippen LogP contribution in [-0.2, 0) is 6.61 Å². The third-order valence-corrected chi connectivity index (χ3v) is 3.55. The van der Waals surface area contributed by atoms with Crippen LogP contribution in [0.15, 0.2) is 30.3 Å². The first-order valence-electron chi connectivity index (χ1n) is 6.70.